The zero-order valence-corrected chi connectivity index (χ0v) is 14.5. The minimum absolute atomic E-state index is 0. The molecule has 0 aliphatic rings. The average molecular weight is 350 g/mol. The number of Topliss-reactive ketones (excluding diaryl/α,β-unsaturated/α-hetero) is 1. The first-order valence-electron chi connectivity index (χ1n) is 7.78. The van der Waals surface area contributed by atoms with Gasteiger partial charge in [0.05, 0.1) is 12.7 Å². The van der Waals surface area contributed by atoms with E-state index in [4.69, 9.17) is 4.74 Å². The molecule has 0 heterocycles. The molecule has 0 saturated heterocycles. The zero-order chi connectivity index (χ0) is 16.5. The van der Waals surface area contributed by atoms with Crippen molar-refractivity contribution in [3.63, 3.8) is 0 Å². The van der Waals surface area contributed by atoms with Crippen LogP contribution >= 0.6 is 12.4 Å². The van der Waals surface area contributed by atoms with Crippen molar-refractivity contribution in [3.05, 3.63) is 71.8 Å². The van der Waals surface area contributed by atoms with Gasteiger partial charge in [0.15, 0.2) is 5.78 Å². The first kappa shape index (κ1) is 20.3. The lowest BCUT2D eigenvalue weighted by Gasteiger charge is -2.19. The Hall–Kier alpha value is -1.72. The molecule has 2 unspecified atom stereocenters. The number of likely N-dealkylation sites (N-methyl/N-ethyl adjacent to an activating group) is 1. The Balaban J connectivity index is 0.00000288. The van der Waals surface area contributed by atoms with Gasteiger partial charge in [0.1, 0.15) is 6.10 Å². The van der Waals surface area contributed by atoms with Crippen LogP contribution in [0.1, 0.15) is 15.9 Å². The predicted molar refractivity (Wildman–Crippen MR) is 97.8 cm³/mol. The Labute approximate surface area is 149 Å². The van der Waals surface area contributed by atoms with E-state index in [1.165, 1.54) is 0 Å². The lowest BCUT2D eigenvalue weighted by atomic mass is 10.00. The van der Waals surface area contributed by atoms with Crippen molar-refractivity contribution in [3.8, 4) is 0 Å². The van der Waals surface area contributed by atoms with Gasteiger partial charge in [0, 0.05) is 18.5 Å². The van der Waals surface area contributed by atoms with Crippen molar-refractivity contribution in [2.75, 3.05) is 20.2 Å². The van der Waals surface area contributed by atoms with Crippen LogP contribution in [-0.4, -0.2) is 43.3 Å². The molecule has 0 amide bonds. The van der Waals surface area contributed by atoms with Crippen LogP contribution in [0.2, 0.25) is 0 Å². The second kappa shape index (κ2) is 10.9. The van der Waals surface area contributed by atoms with E-state index in [0.717, 1.165) is 5.56 Å². The van der Waals surface area contributed by atoms with Gasteiger partial charge in [0.25, 0.3) is 0 Å². The van der Waals surface area contributed by atoms with Crippen molar-refractivity contribution < 1.29 is 14.6 Å². The highest BCUT2D eigenvalue weighted by atomic mass is 35.5. The maximum atomic E-state index is 12.7. The fourth-order valence-electron chi connectivity index (χ4n) is 2.37. The summed E-state index contributed by atoms with van der Waals surface area (Å²) in [4.78, 5) is 12.7. The normalized spacial score (nSPS) is 12.9. The van der Waals surface area contributed by atoms with Crippen molar-refractivity contribution in [1.29, 1.82) is 0 Å². The van der Waals surface area contributed by atoms with Crippen LogP contribution in [0.4, 0.5) is 0 Å². The highest BCUT2D eigenvalue weighted by molar-refractivity contribution is 5.99. The number of nitrogens with one attached hydrogen (secondary N) is 1. The molecule has 0 spiro atoms. The molecule has 24 heavy (non-hydrogen) atoms. The van der Waals surface area contributed by atoms with E-state index in [9.17, 15) is 9.90 Å². The summed E-state index contributed by atoms with van der Waals surface area (Å²) in [6.07, 6.45) is -0.756. The molecular formula is C19H24ClNO3. The third kappa shape index (κ3) is 6.42. The molecule has 0 fully saturated rings. The fraction of sp³-hybridized carbons (Fsp3) is 0.316. The zero-order valence-electron chi connectivity index (χ0n) is 13.7. The standard InChI is InChI=1S/C19H23NO3.ClH/c1-20-13-17(21)14-23-18(12-15-8-4-2-5-9-15)19(22)16-10-6-3-7-11-16;/h2-11,17-18,20-21H,12-14H2,1H3;1H. The number of hydrogen-bond donors (Lipinski definition) is 2. The minimum atomic E-state index is -0.637. The van der Waals surface area contributed by atoms with Crippen LogP contribution in [0.5, 0.6) is 0 Å². The fourth-order valence-corrected chi connectivity index (χ4v) is 2.37. The van der Waals surface area contributed by atoms with Crippen LogP contribution in [-0.2, 0) is 11.2 Å². The summed E-state index contributed by atoms with van der Waals surface area (Å²) in [6, 6.07) is 18.9. The highest BCUT2D eigenvalue weighted by Crippen LogP contribution is 2.13. The molecule has 2 aromatic rings. The topological polar surface area (TPSA) is 58.6 Å². The maximum Gasteiger partial charge on any atom is 0.191 e. The van der Waals surface area contributed by atoms with Gasteiger partial charge in [-0.15, -0.1) is 12.4 Å². The van der Waals surface area contributed by atoms with Crippen LogP contribution in [0.15, 0.2) is 60.7 Å². The van der Waals surface area contributed by atoms with E-state index in [1.807, 2.05) is 48.5 Å². The number of ether oxygens (including phenoxy) is 1. The van der Waals surface area contributed by atoms with E-state index in [1.54, 1.807) is 19.2 Å². The van der Waals surface area contributed by atoms with Gasteiger partial charge in [-0.3, -0.25) is 4.79 Å². The van der Waals surface area contributed by atoms with Gasteiger partial charge in [-0.05, 0) is 12.6 Å². The first-order chi connectivity index (χ1) is 11.2. The molecule has 0 bridgehead atoms. The Bertz CT molecular complexity index is 592. The van der Waals surface area contributed by atoms with Crippen molar-refractivity contribution in [2.45, 2.75) is 18.6 Å². The van der Waals surface area contributed by atoms with Crippen molar-refractivity contribution in [2.24, 2.45) is 0 Å². The molecule has 2 rings (SSSR count). The first-order valence-corrected chi connectivity index (χ1v) is 7.78. The molecule has 2 aromatic carbocycles. The number of benzene rings is 2. The van der Waals surface area contributed by atoms with Gasteiger partial charge in [-0.25, -0.2) is 0 Å². The summed E-state index contributed by atoms with van der Waals surface area (Å²) < 4.78 is 5.74. The van der Waals surface area contributed by atoms with E-state index in [2.05, 4.69) is 5.32 Å². The van der Waals surface area contributed by atoms with Crippen LogP contribution in [0, 0.1) is 0 Å². The maximum absolute atomic E-state index is 12.7. The molecule has 0 aliphatic heterocycles. The number of aliphatic hydroxyl groups excluding tert-OH is 1. The van der Waals surface area contributed by atoms with Crippen LogP contribution in [0.3, 0.4) is 0 Å². The van der Waals surface area contributed by atoms with Crippen LogP contribution in [0.25, 0.3) is 0 Å². The summed E-state index contributed by atoms with van der Waals surface area (Å²) in [5.74, 6) is -0.0638. The molecule has 4 nitrogen and oxygen atoms in total. The molecule has 0 aliphatic carbocycles. The largest absolute Gasteiger partial charge is 0.389 e. The summed E-state index contributed by atoms with van der Waals surface area (Å²) in [6.45, 7) is 0.550. The summed E-state index contributed by atoms with van der Waals surface area (Å²) in [5, 5.41) is 12.7. The number of ketones is 1. The Morgan fingerprint density at radius 3 is 2.25 bits per heavy atom. The summed E-state index contributed by atoms with van der Waals surface area (Å²) in [5.41, 5.74) is 1.65. The number of rotatable bonds is 9. The van der Waals surface area contributed by atoms with Gasteiger partial charge in [-0.2, -0.15) is 0 Å². The second-order valence-electron chi connectivity index (χ2n) is 5.45. The number of aliphatic hydroxyl groups is 1. The van der Waals surface area contributed by atoms with Gasteiger partial charge in [0.2, 0.25) is 0 Å². The predicted octanol–water partition coefficient (Wildman–Crippen LogP) is 2.50. The monoisotopic (exact) mass is 349 g/mol. The molecule has 2 atom stereocenters. The van der Waals surface area contributed by atoms with E-state index in [0.29, 0.717) is 18.5 Å². The molecule has 130 valence electrons. The molecule has 0 saturated carbocycles. The third-order valence-corrected chi connectivity index (χ3v) is 3.54. The lowest BCUT2D eigenvalue weighted by Crippen LogP contribution is -2.34. The molecule has 0 aromatic heterocycles. The Morgan fingerprint density at radius 2 is 1.67 bits per heavy atom. The SMILES string of the molecule is CNCC(O)COC(Cc1ccccc1)C(=O)c1ccccc1.Cl. The van der Waals surface area contributed by atoms with E-state index < -0.39 is 12.2 Å². The second-order valence-corrected chi connectivity index (χ2v) is 5.45. The Morgan fingerprint density at radius 1 is 1.08 bits per heavy atom. The molecule has 0 radical (unpaired) electrons. The molecule has 5 heteroatoms. The summed E-state index contributed by atoms with van der Waals surface area (Å²) >= 11 is 0. The average Bonchev–Trinajstić information content (AvgIpc) is 2.60. The van der Waals surface area contributed by atoms with Crippen molar-refractivity contribution >= 4 is 18.2 Å². The third-order valence-electron chi connectivity index (χ3n) is 3.54. The smallest absolute Gasteiger partial charge is 0.191 e. The molecular weight excluding hydrogens is 326 g/mol. The van der Waals surface area contributed by atoms with Gasteiger partial charge >= 0.3 is 0 Å². The van der Waals surface area contributed by atoms with Crippen molar-refractivity contribution in [1.82, 2.24) is 5.32 Å². The Kier molecular flexibility index (Phi) is 9.27. The molecule has 2 N–H and O–H groups in total. The minimum Gasteiger partial charge on any atom is -0.389 e. The number of halogens is 1. The highest BCUT2D eigenvalue weighted by Gasteiger charge is 2.22. The lowest BCUT2D eigenvalue weighted by molar-refractivity contribution is -0.00117. The summed E-state index contributed by atoms with van der Waals surface area (Å²) in [7, 11) is 1.76. The number of hydrogen-bond acceptors (Lipinski definition) is 4. The quantitative estimate of drug-likeness (QED) is 0.683. The van der Waals surface area contributed by atoms with E-state index >= 15 is 0 Å². The number of carbonyl (C=O) groups excluding carboxylic acids is 1. The van der Waals surface area contributed by atoms with E-state index in [-0.39, 0.29) is 24.8 Å². The van der Waals surface area contributed by atoms with Crippen LogP contribution < -0.4 is 5.32 Å². The van der Waals surface area contributed by atoms with Gasteiger partial charge < -0.3 is 15.2 Å². The number of carbonyl (C=O) groups is 1. The van der Waals surface area contributed by atoms with Gasteiger partial charge in [-0.1, -0.05) is 60.7 Å².